The second kappa shape index (κ2) is 8.42. The SMILES string of the molecule is CCNc1cc(-n2ncc3cc(C#N)cnc32)ncc1C(=O)NCC(F)C(C)(C)O. The number of hydrogen-bond donors (Lipinski definition) is 3. The number of amides is 1. The smallest absolute Gasteiger partial charge is 0.255 e. The molecule has 1 atom stereocenters. The van der Waals surface area contributed by atoms with E-state index < -0.39 is 17.7 Å². The zero-order valence-corrected chi connectivity index (χ0v) is 16.8. The van der Waals surface area contributed by atoms with E-state index in [1.54, 1.807) is 18.3 Å². The van der Waals surface area contributed by atoms with Crippen molar-refractivity contribution >= 4 is 22.6 Å². The molecule has 3 aromatic rings. The number of aliphatic hydroxyl groups is 1. The molecule has 0 radical (unpaired) electrons. The molecular weight excluding hydrogens is 389 g/mol. The van der Waals surface area contributed by atoms with Gasteiger partial charge < -0.3 is 15.7 Å². The molecule has 1 unspecified atom stereocenters. The lowest BCUT2D eigenvalue weighted by atomic mass is 10.0. The zero-order chi connectivity index (χ0) is 21.9. The Morgan fingerprint density at radius 1 is 1.33 bits per heavy atom. The topological polar surface area (TPSA) is 129 Å². The zero-order valence-electron chi connectivity index (χ0n) is 16.8. The Bertz CT molecular complexity index is 1110. The van der Waals surface area contributed by atoms with E-state index in [1.807, 2.05) is 13.0 Å². The fourth-order valence-corrected chi connectivity index (χ4v) is 2.76. The molecule has 0 aliphatic carbocycles. The van der Waals surface area contributed by atoms with Crippen LogP contribution in [0.4, 0.5) is 10.1 Å². The number of carbonyl (C=O) groups excluding carboxylic acids is 1. The minimum absolute atomic E-state index is 0.236. The predicted molar refractivity (Wildman–Crippen MR) is 109 cm³/mol. The number of hydrogen-bond acceptors (Lipinski definition) is 7. The second-order valence-corrected chi connectivity index (χ2v) is 7.25. The first-order valence-electron chi connectivity index (χ1n) is 9.37. The highest BCUT2D eigenvalue weighted by molar-refractivity contribution is 5.99. The standard InChI is InChI=1S/C20H22FN7O2/c1-4-23-15-6-17(28-18-13(9-27-28)5-12(7-22)8-25-18)24-10-14(15)19(29)26-11-16(21)20(2,3)30/h5-6,8-10,16,30H,4,11H2,1-3H3,(H,23,24)(H,26,29). The van der Waals surface area contributed by atoms with Gasteiger partial charge in [-0.2, -0.15) is 15.0 Å². The van der Waals surface area contributed by atoms with Gasteiger partial charge >= 0.3 is 0 Å². The fourth-order valence-electron chi connectivity index (χ4n) is 2.76. The van der Waals surface area contributed by atoms with E-state index in [4.69, 9.17) is 5.26 Å². The molecule has 0 aliphatic heterocycles. The van der Waals surface area contributed by atoms with Gasteiger partial charge in [-0.1, -0.05) is 0 Å². The van der Waals surface area contributed by atoms with Gasteiger partial charge in [-0.25, -0.2) is 14.4 Å². The Labute approximate surface area is 172 Å². The summed E-state index contributed by atoms with van der Waals surface area (Å²) >= 11 is 0. The Hall–Kier alpha value is -3.58. The molecule has 3 aromatic heterocycles. The number of alkyl halides is 1. The first-order chi connectivity index (χ1) is 14.2. The molecule has 0 fully saturated rings. The molecule has 0 spiro atoms. The van der Waals surface area contributed by atoms with Crippen LogP contribution in [0.5, 0.6) is 0 Å². The van der Waals surface area contributed by atoms with Crippen LogP contribution in [0.15, 0.2) is 30.7 Å². The predicted octanol–water partition coefficient (Wildman–Crippen LogP) is 1.96. The normalized spacial score (nSPS) is 12.4. The van der Waals surface area contributed by atoms with Crippen LogP contribution in [-0.4, -0.2) is 55.6 Å². The van der Waals surface area contributed by atoms with Crippen LogP contribution < -0.4 is 10.6 Å². The molecular formula is C20H22FN7O2. The van der Waals surface area contributed by atoms with Crippen molar-refractivity contribution in [2.75, 3.05) is 18.4 Å². The molecule has 0 aliphatic rings. The van der Waals surface area contributed by atoms with Gasteiger partial charge in [0, 0.05) is 30.4 Å². The molecule has 0 aromatic carbocycles. The van der Waals surface area contributed by atoms with E-state index in [1.165, 1.54) is 30.9 Å². The van der Waals surface area contributed by atoms with Gasteiger partial charge in [0.15, 0.2) is 11.5 Å². The molecule has 9 nitrogen and oxygen atoms in total. The van der Waals surface area contributed by atoms with Crippen molar-refractivity contribution in [1.82, 2.24) is 25.1 Å². The number of rotatable bonds is 7. The molecule has 3 N–H and O–H groups in total. The molecule has 3 heterocycles. The van der Waals surface area contributed by atoms with E-state index >= 15 is 0 Å². The summed E-state index contributed by atoms with van der Waals surface area (Å²) in [5.74, 6) is -0.0893. The number of halogens is 1. The number of nitriles is 1. The van der Waals surface area contributed by atoms with Gasteiger partial charge in [0.05, 0.1) is 35.2 Å². The van der Waals surface area contributed by atoms with Gasteiger partial charge in [0.2, 0.25) is 0 Å². The molecule has 30 heavy (non-hydrogen) atoms. The monoisotopic (exact) mass is 411 g/mol. The average molecular weight is 411 g/mol. The molecule has 10 heteroatoms. The quantitative estimate of drug-likeness (QED) is 0.542. The van der Waals surface area contributed by atoms with E-state index in [0.717, 1.165) is 0 Å². The average Bonchev–Trinajstić information content (AvgIpc) is 3.14. The van der Waals surface area contributed by atoms with Crippen molar-refractivity contribution in [3.63, 3.8) is 0 Å². The van der Waals surface area contributed by atoms with Gasteiger partial charge in [0.25, 0.3) is 5.91 Å². The first kappa shape index (κ1) is 21.1. The molecule has 1 amide bonds. The van der Waals surface area contributed by atoms with Crippen LogP contribution in [0.25, 0.3) is 16.9 Å². The molecule has 0 bridgehead atoms. The Kier molecular flexibility index (Phi) is 5.94. The van der Waals surface area contributed by atoms with E-state index in [-0.39, 0.29) is 12.1 Å². The van der Waals surface area contributed by atoms with Crippen LogP contribution >= 0.6 is 0 Å². The maximum absolute atomic E-state index is 14.0. The van der Waals surface area contributed by atoms with Crippen molar-refractivity contribution in [2.24, 2.45) is 0 Å². The number of aromatic nitrogens is 4. The van der Waals surface area contributed by atoms with Crippen LogP contribution in [0.1, 0.15) is 36.7 Å². The molecule has 3 rings (SSSR count). The lowest BCUT2D eigenvalue weighted by Crippen LogP contribution is -2.42. The van der Waals surface area contributed by atoms with Gasteiger partial charge in [-0.05, 0) is 26.8 Å². The fraction of sp³-hybridized carbons (Fsp3) is 0.350. The van der Waals surface area contributed by atoms with Crippen LogP contribution in [0.3, 0.4) is 0 Å². The summed E-state index contributed by atoms with van der Waals surface area (Å²) in [6.45, 7) is 4.77. The second-order valence-electron chi connectivity index (χ2n) is 7.25. The number of pyridine rings is 2. The Morgan fingerprint density at radius 2 is 2.10 bits per heavy atom. The summed E-state index contributed by atoms with van der Waals surface area (Å²) in [5, 5.41) is 29.2. The Morgan fingerprint density at radius 3 is 2.77 bits per heavy atom. The van der Waals surface area contributed by atoms with Gasteiger partial charge in [0.1, 0.15) is 12.2 Å². The summed E-state index contributed by atoms with van der Waals surface area (Å²) < 4.78 is 15.5. The Balaban J connectivity index is 1.90. The summed E-state index contributed by atoms with van der Waals surface area (Å²) in [6.07, 6.45) is 2.79. The molecule has 0 saturated carbocycles. The summed E-state index contributed by atoms with van der Waals surface area (Å²) in [6, 6.07) is 5.35. The minimum Gasteiger partial charge on any atom is -0.387 e. The third-order valence-corrected chi connectivity index (χ3v) is 4.46. The van der Waals surface area contributed by atoms with E-state index in [9.17, 15) is 14.3 Å². The highest BCUT2D eigenvalue weighted by Crippen LogP contribution is 2.21. The lowest BCUT2D eigenvalue weighted by molar-refractivity contribution is -0.00177. The van der Waals surface area contributed by atoms with Gasteiger partial charge in [-0.15, -0.1) is 0 Å². The maximum atomic E-state index is 14.0. The maximum Gasteiger partial charge on any atom is 0.255 e. The number of nitrogens with one attached hydrogen (secondary N) is 2. The number of anilines is 1. The van der Waals surface area contributed by atoms with Crippen molar-refractivity contribution in [3.8, 4) is 11.9 Å². The largest absolute Gasteiger partial charge is 0.387 e. The summed E-state index contributed by atoms with van der Waals surface area (Å²) in [7, 11) is 0. The van der Waals surface area contributed by atoms with Crippen LogP contribution in [0, 0.1) is 11.3 Å². The van der Waals surface area contributed by atoms with Gasteiger partial charge in [-0.3, -0.25) is 4.79 Å². The number of nitrogens with zero attached hydrogens (tertiary/aromatic N) is 5. The third-order valence-electron chi connectivity index (χ3n) is 4.46. The van der Waals surface area contributed by atoms with E-state index in [0.29, 0.717) is 34.6 Å². The number of fused-ring (bicyclic) bond motifs is 1. The van der Waals surface area contributed by atoms with Crippen molar-refractivity contribution in [2.45, 2.75) is 32.5 Å². The summed E-state index contributed by atoms with van der Waals surface area (Å²) in [4.78, 5) is 21.1. The van der Waals surface area contributed by atoms with Crippen molar-refractivity contribution < 1.29 is 14.3 Å². The third kappa shape index (κ3) is 4.36. The van der Waals surface area contributed by atoms with E-state index in [2.05, 4.69) is 25.7 Å². The van der Waals surface area contributed by atoms with Crippen molar-refractivity contribution in [3.05, 3.63) is 41.9 Å². The highest BCUT2D eigenvalue weighted by atomic mass is 19.1. The van der Waals surface area contributed by atoms with Crippen LogP contribution in [-0.2, 0) is 0 Å². The first-order valence-corrected chi connectivity index (χ1v) is 9.37. The molecule has 156 valence electrons. The number of carbonyl (C=O) groups is 1. The van der Waals surface area contributed by atoms with Crippen LogP contribution in [0.2, 0.25) is 0 Å². The lowest BCUT2D eigenvalue weighted by Gasteiger charge is -2.22. The minimum atomic E-state index is -1.61. The molecule has 0 saturated heterocycles. The van der Waals surface area contributed by atoms with Crippen molar-refractivity contribution in [1.29, 1.82) is 5.26 Å². The highest BCUT2D eigenvalue weighted by Gasteiger charge is 2.27. The summed E-state index contributed by atoms with van der Waals surface area (Å²) in [5.41, 5.74) is 0.120.